The number of imidazole rings is 1. The van der Waals surface area contributed by atoms with Crippen molar-refractivity contribution in [3.8, 4) is 5.75 Å². The lowest BCUT2D eigenvalue weighted by molar-refractivity contribution is -0.127. The predicted molar refractivity (Wildman–Crippen MR) is 189 cm³/mol. The van der Waals surface area contributed by atoms with Gasteiger partial charge in [0.1, 0.15) is 23.6 Å². The molecule has 10 heteroatoms. The first-order chi connectivity index (χ1) is 23.9. The van der Waals surface area contributed by atoms with E-state index in [1.165, 1.54) is 4.90 Å². The van der Waals surface area contributed by atoms with E-state index in [-0.39, 0.29) is 30.4 Å². The van der Waals surface area contributed by atoms with Crippen LogP contribution in [0.15, 0.2) is 103 Å². The van der Waals surface area contributed by atoms with Crippen molar-refractivity contribution in [2.45, 2.75) is 70.9 Å². The van der Waals surface area contributed by atoms with Gasteiger partial charge in [0.2, 0.25) is 5.91 Å². The molecule has 0 N–H and O–H groups in total. The van der Waals surface area contributed by atoms with Crippen molar-refractivity contribution in [3.63, 3.8) is 0 Å². The zero-order chi connectivity index (χ0) is 35.4. The van der Waals surface area contributed by atoms with Crippen LogP contribution in [0.1, 0.15) is 63.6 Å². The summed E-state index contributed by atoms with van der Waals surface area (Å²) in [5, 5.41) is 0. The first-order valence-corrected chi connectivity index (χ1v) is 16.6. The Kier molecular flexibility index (Phi) is 8.02. The number of fused-ring (bicyclic) bond motifs is 3. The molecule has 1 spiro atoms. The maximum Gasteiger partial charge on any atom is 0.419 e. The Labute approximate surface area is 291 Å². The molecule has 1 unspecified atom stereocenters. The van der Waals surface area contributed by atoms with Crippen LogP contribution in [0.25, 0.3) is 6.08 Å². The molecule has 7 rings (SSSR count). The number of aromatic nitrogens is 2. The van der Waals surface area contributed by atoms with E-state index in [0.29, 0.717) is 35.1 Å². The zero-order valence-corrected chi connectivity index (χ0v) is 29.1. The quantitative estimate of drug-likeness (QED) is 0.157. The van der Waals surface area contributed by atoms with Crippen LogP contribution in [-0.2, 0) is 43.4 Å². The van der Waals surface area contributed by atoms with Crippen molar-refractivity contribution < 1.29 is 28.6 Å². The Morgan fingerprint density at radius 2 is 1.62 bits per heavy atom. The molecule has 1 aliphatic carbocycles. The molecule has 3 aromatic carbocycles. The topological polar surface area (TPSA) is 103 Å². The number of nitrogens with zero attached hydrogens (tertiary/aromatic N) is 4. The first kappa shape index (κ1) is 33.0. The summed E-state index contributed by atoms with van der Waals surface area (Å²) in [4.78, 5) is 50.9. The maximum atomic E-state index is 15.0. The zero-order valence-electron chi connectivity index (χ0n) is 29.1. The van der Waals surface area contributed by atoms with Gasteiger partial charge in [-0.1, -0.05) is 48.5 Å². The molecule has 1 saturated heterocycles. The number of carbonyl (C=O) groups is 3. The number of rotatable bonds is 6. The number of para-hydroxylation sites is 1. The predicted octanol–water partition coefficient (Wildman–Crippen LogP) is 7.28. The Bertz CT molecular complexity index is 2050. The molecule has 4 aromatic rings. The molecule has 1 fully saturated rings. The van der Waals surface area contributed by atoms with Crippen LogP contribution in [0.4, 0.5) is 16.2 Å². The van der Waals surface area contributed by atoms with Gasteiger partial charge >= 0.3 is 6.09 Å². The highest BCUT2D eigenvalue weighted by Crippen LogP contribution is 2.60. The lowest BCUT2D eigenvalue weighted by Gasteiger charge is -2.51. The van der Waals surface area contributed by atoms with E-state index in [1.54, 1.807) is 57.3 Å². The van der Waals surface area contributed by atoms with Crippen LogP contribution < -0.4 is 14.5 Å². The molecule has 256 valence electrons. The fraction of sp³-hybridized carbons (Fsp3) is 0.300. The summed E-state index contributed by atoms with van der Waals surface area (Å²) in [5.74, 6) is 0.247. The standard InChI is InChI=1S/C40H40N4O6/c1-38(2,3)50-37(47)43-31-15-11-10-14-30(31)40(22-33(45)44(40)27-16-18-28(48-6)19-17-27)35(43)29-20-21-32-34(39(4,5)36(29)46)41-24-42(32)25-49-23-26-12-8-7-9-13-26/h7-21,24H,22-23,25H2,1-6H3/b35-29-. The van der Waals surface area contributed by atoms with Crippen molar-refractivity contribution in [1.82, 2.24) is 9.55 Å². The molecule has 1 aromatic heterocycles. The largest absolute Gasteiger partial charge is 0.497 e. The summed E-state index contributed by atoms with van der Waals surface area (Å²) in [6.07, 6.45) is 4.69. The van der Waals surface area contributed by atoms with Gasteiger partial charge in [0.25, 0.3) is 0 Å². The Hall–Kier alpha value is -5.48. The van der Waals surface area contributed by atoms with Crippen LogP contribution in [0.2, 0.25) is 0 Å². The van der Waals surface area contributed by atoms with E-state index in [1.807, 2.05) is 91.2 Å². The maximum absolute atomic E-state index is 15.0. The third-order valence-corrected chi connectivity index (χ3v) is 9.44. The molecule has 3 heterocycles. The van der Waals surface area contributed by atoms with E-state index in [2.05, 4.69) is 0 Å². The van der Waals surface area contributed by atoms with Gasteiger partial charge in [0, 0.05) is 16.8 Å². The number of amides is 2. The minimum atomic E-state index is -1.18. The summed E-state index contributed by atoms with van der Waals surface area (Å²) in [6.45, 7) is 9.70. The number of hydrogen-bond donors (Lipinski definition) is 0. The summed E-state index contributed by atoms with van der Waals surface area (Å²) >= 11 is 0. The highest BCUT2D eigenvalue weighted by molar-refractivity contribution is 6.15. The lowest BCUT2D eigenvalue weighted by atomic mass is 9.72. The average Bonchev–Trinajstić information content (AvgIpc) is 3.60. The van der Waals surface area contributed by atoms with Gasteiger partial charge in [0.05, 0.1) is 54.7 Å². The third-order valence-electron chi connectivity index (χ3n) is 9.44. The van der Waals surface area contributed by atoms with Gasteiger partial charge in [-0.2, -0.15) is 0 Å². The van der Waals surface area contributed by atoms with E-state index in [4.69, 9.17) is 19.2 Å². The highest BCUT2D eigenvalue weighted by Gasteiger charge is 2.64. The van der Waals surface area contributed by atoms with E-state index >= 15 is 0 Å². The number of hydrogen-bond acceptors (Lipinski definition) is 7. The molecule has 10 nitrogen and oxygen atoms in total. The van der Waals surface area contributed by atoms with Crippen molar-refractivity contribution in [2.24, 2.45) is 0 Å². The van der Waals surface area contributed by atoms with Crippen LogP contribution in [-0.4, -0.2) is 40.0 Å². The van der Waals surface area contributed by atoms with Gasteiger partial charge < -0.3 is 18.8 Å². The van der Waals surface area contributed by atoms with E-state index in [9.17, 15) is 14.4 Å². The van der Waals surface area contributed by atoms with E-state index < -0.39 is 22.6 Å². The molecule has 3 aliphatic rings. The molecule has 1 atom stereocenters. The number of Topliss-reactive ketones (excluding diaryl/α,β-unsaturated/α-hetero) is 1. The van der Waals surface area contributed by atoms with Gasteiger partial charge in [-0.3, -0.25) is 14.5 Å². The number of ether oxygens (including phenoxy) is 3. The average molecular weight is 673 g/mol. The number of methoxy groups -OCH3 is 1. The van der Waals surface area contributed by atoms with Gasteiger partial charge in [-0.15, -0.1) is 0 Å². The summed E-state index contributed by atoms with van der Waals surface area (Å²) < 4.78 is 19.3. The lowest BCUT2D eigenvalue weighted by Crippen LogP contribution is -2.63. The molecule has 2 aliphatic heterocycles. The van der Waals surface area contributed by atoms with Crippen LogP contribution in [0, 0.1) is 0 Å². The van der Waals surface area contributed by atoms with Crippen molar-refractivity contribution >= 4 is 35.2 Å². The van der Waals surface area contributed by atoms with E-state index in [0.717, 1.165) is 16.8 Å². The van der Waals surface area contributed by atoms with Crippen molar-refractivity contribution in [1.29, 1.82) is 0 Å². The van der Waals surface area contributed by atoms with Crippen molar-refractivity contribution in [3.05, 3.63) is 125 Å². The number of anilines is 2. The monoisotopic (exact) mass is 672 g/mol. The highest BCUT2D eigenvalue weighted by atomic mass is 16.6. The van der Waals surface area contributed by atoms with Crippen LogP contribution in [0.3, 0.4) is 0 Å². The molecule has 0 saturated carbocycles. The first-order valence-electron chi connectivity index (χ1n) is 16.6. The Balaban J connectivity index is 1.40. The normalized spacial score (nSPS) is 20.8. The molecule has 2 amide bonds. The van der Waals surface area contributed by atoms with Crippen molar-refractivity contribution in [2.75, 3.05) is 16.9 Å². The van der Waals surface area contributed by atoms with Crippen LogP contribution in [0.5, 0.6) is 5.75 Å². The second kappa shape index (κ2) is 12.1. The minimum absolute atomic E-state index is 0.0421. The van der Waals surface area contributed by atoms with Gasteiger partial charge in [-0.25, -0.2) is 14.7 Å². The summed E-state index contributed by atoms with van der Waals surface area (Å²) in [7, 11) is 1.58. The second-order valence-corrected chi connectivity index (χ2v) is 14.3. The molecule has 0 bridgehead atoms. The molecular formula is C40H40N4O6. The Morgan fingerprint density at radius 1 is 0.920 bits per heavy atom. The smallest absolute Gasteiger partial charge is 0.419 e. The fourth-order valence-corrected chi connectivity index (χ4v) is 7.15. The number of β-lactam (4-membered cyclic amide) rings is 1. The Morgan fingerprint density at radius 3 is 2.30 bits per heavy atom. The number of carbonyl (C=O) groups excluding carboxylic acids is 3. The number of ketones is 1. The molecule has 0 radical (unpaired) electrons. The third kappa shape index (κ3) is 5.31. The molecule has 50 heavy (non-hydrogen) atoms. The summed E-state index contributed by atoms with van der Waals surface area (Å²) in [5.41, 5.74) is 1.77. The summed E-state index contributed by atoms with van der Waals surface area (Å²) in [6, 6.07) is 24.5. The van der Waals surface area contributed by atoms with Gasteiger partial charge in [0.15, 0.2) is 5.78 Å². The van der Waals surface area contributed by atoms with Crippen LogP contribution >= 0.6 is 0 Å². The molecular weight excluding hydrogens is 632 g/mol. The number of allylic oxidation sites excluding steroid dienone is 2. The minimum Gasteiger partial charge on any atom is -0.497 e. The number of benzene rings is 3. The van der Waals surface area contributed by atoms with Gasteiger partial charge in [-0.05, 0) is 82.7 Å². The SMILES string of the molecule is COc1ccc(N2C(=O)CC23/C(=C2\C=Cc4c(ncn4COCc4ccccc4)C(C)(C)C2=O)N(C(=O)OC(C)(C)C)c2ccccc23)cc1. The second-order valence-electron chi connectivity index (χ2n) is 14.3. The fourth-order valence-electron chi connectivity index (χ4n) is 7.15.